The lowest BCUT2D eigenvalue weighted by Gasteiger charge is -2.18. The molecular weight excluding hydrogens is 332 g/mol. The summed E-state index contributed by atoms with van der Waals surface area (Å²) in [6, 6.07) is 10.0. The van der Waals surface area contributed by atoms with Gasteiger partial charge in [0.2, 0.25) is 0 Å². The van der Waals surface area contributed by atoms with Crippen molar-refractivity contribution in [3.63, 3.8) is 0 Å². The van der Waals surface area contributed by atoms with E-state index in [2.05, 4.69) is 33.2 Å². The van der Waals surface area contributed by atoms with E-state index in [4.69, 9.17) is 9.47 Å². The van der Waals surface area contributed by atoms with E-state index in [-0.39, 0.29) is 6.04 Å². The Morgan fingerprint density at radius 1 is 1.10 bits per heavy atom. The zero-order valence-corrected chi connectivity index (χ0v) is 14.2. The maximum Gasteiger partial charge on any atom is 0.161 e. The van der Waals surface area contributed by atoms with E-state index in [1.54, 1.807) is 14.2 Å². The fourth-order valence-corrected chi connectivity index (χ4v) is 2.52. The number of ether oxygens (including phenoxy) is 2. The van der Waals surface area contributed by atoms with Crippen molar-refractivity contribution in [2.75, 3.05) is 19.5 Å². The molecule has 0 aliphatic rings. The highest BCUT2D eigenvalue weighted by atomic mass is 79.9. The largest absolute Gasteiger partial charge is 0.493 e. The first-order valence-corrected chi connectivity index (χ1v) is 7.46. The van der Waals surface area contributed by atoms with Crippen LogP contribution in [0.1, 0.15) is 24.2 Å². The zero-order chi connectivity index (χ0) is 15.4. The Bertz CT molecular complexity index is 632. The minimum Gasteiger partial charge on any atom is -0.493 e. The van der Waals surface area contributed by atoms with Crippen molar-refractivity contribution >= 4 is 21.6 Å². The molecule has 0 bridgehead atoms. The van der Waals surface area contributed by atoms with Gasteiger partial charge in [0.1, 0.15) is 4.60 Å². The van der Waals surface area contributed by atoms with Crippen molar-refractivity contribution < 1.29 is 9.47 Å². The second-order valence-electron chi connectivity index (χ2n) is 4.75. The molecule has 0 spiro atoms. The molecule has 0 saturated heterocycles. The summed E-state index contributed by atoms with van der Waals surface area (Å²) in [4.78, 5) is 4.39. The van der Waals surface area contributed by atoms with E-state index >= 15 is 0 Å². The summed E-state index contributed by atoms with van der Waals surface area (Å²) in [6.45, 7) is 4.08. The molecule has 0 saturated carbocycles. The second-order valence-corrected chi connectivity index (χ2v) is 5.56. The molecule has 1 N–H and O–H groups in total. The number of rotatable bonds is 5. The SMILES string of the molecule is COc1ccc(C(C)Nc2ccc(Br)nc2C)cc1OC. The molecule has 5 heteroatoms. The Kier molecular flexibility index (Phi) is 5.07. The minimum absolute atomic E-state index is 0.131. The molecule has 1 atom stereocenters. The van der Waals surface area contributed by atoms with Gasteiger partial charge in [0, 0.05) is 6.04 Å². The van der Waals surface area contributed by atoms with Crippen molar-refractivity contribution in [1.82, 2.24) is 4.98 Å². The van der Waals surface area contributed by atoms with E-state index in [1.165, 1.54) is 0 Å². The minimum atomic E-state index is 0.131. The molecule has 1 unspecified atom stereocenters. The Balaban J connectivity index is 2.21. The molecule has 1 aromatic carbocycles. The molecule has 0 amide bonds. The topological polar surface area (TPSA) is 43.4 Å². The van der Waals surface area contributed by atoms with E-state index in [0.29, 0.717) is 0 Å². The zero-order valence-electron chi connectivity index (χ0n) is 12.6. The van der Waals surface area contributed by atoms with Crippen LogP contribution in [0.3, 0.4) is 0 Å². The Morgan fingerprint density at radius 3 is 2.43 bits per heavy atom. The van der Waals surface area contributed by atoms with Crippen molar-refractivity contribution in [3.05, 3.63) is 46.2 Å². The second kappa shape index (κ2) is 6.80. The highest BCUT2D eigenvalue weighted by molar-refractivity contribution is 9.10. The van der Waals surface area contributed by atoms with Crippen molar-refractivity contribution in [3.8, 4) is 11.5 Å². The molecular formula is C16H19BrN2O2. The number of nitrogens with zero attached hydrogens (tertiary/aromatic N) is 1. The van der Waals surface area contributed by atoms with Crippen LogP contribution in [0.15, 0.2) is 34.9 Å². The Morgan fingerprint density at radius 2 is 1.81 bits per heavy atom. The van der Waals surface area contributed by atoms with Gasteiger partial charge in [-0.25, -0.2) is 4.98 Å². The van der Waals surface area contributed by atoms with Crippen LogP contribution < -0.4 is 14.8 Å². The monoisotopic (exact) mass is 350 g/mol. The van der Waals surface area contributed by atoms with Gasteiger partial charge in [0.25, 0.3) is 0 Å². The van der Waals surface area contributed by atoms with Crippen LogP contribution in [0, 0.1) is 6.92 Å². The molecule has 2 rings (SSSR count). The summed E-state index contributed by atoms with van der Waals surface area (Å²) in [5.41, 5.74) is 3.09. The first-order chi connectivity index (χ1) is 10.0. The molecule has 0 aliphatic carbocycles. The summed E-state index contributed by atoms with van der Waals surface area (Å²) in [7, 11) is 3.28. The van der Waals surface area contributed by atoms with Crippen LogP contribution in [0.25, 0.3) is 0 Å². The fourth-order valence-electron chi connectivity index (χ4n) is 2.12. The first-order valence-electron chi connectivity index (χ1n) is 6.66. The van der Waals surface area contributed by atoms with Crippen LogP contribution in [-0.2, 0) is 0 Å². The molecule has 21 heavy (non-hydrogen) atoms. The third kappa shape index (κ3) is 3.67. The lowest BCUT2D eigenvalue weighted by Crippen LogP contribution is -2.08. The third-order valence-electron chi connectivity index (χ3n) is 3.33. The van der Waals surface area contributed by atoms with Gasteiger partial charge >= 0.3 is 0 Å². The van der Waals surface area contributed by atoms with Gasteiger partial charge in [-0.05, 0) is 59.6 Å². The summed E-state index contributed by atoms with van der Waals surface area (Å²) in [5, 5.41) is 3.46. The number of hydrogen-bond donors (Lipinski definition) is 1. The lowest BCUT2D eigenvalue weighted by atomic mass is 10.1. The van der Waals surface area contributed by atoms with Gasteiger partial charge in [-0.1, -0.05) is 6.07 Å². The molecule has 2 aromatic rings. The molecule has 1 heterocycles. The van der Waals surface area contributed by atoms with Crippen molar-refractivity contribution in [1.29, 1.82) is 0 Å². The maximum atomic E-state index is 5.35. The summed E-state index contributed by atoms with van der Waals surface area (Å²) < 4.78 is 11.4. The van der Waals surface area contributed by atoms with E-state index in [1.807, 2.05) is 37.3 Å². The van der Waals surface area contributed by atoms with Gasteiger partial charge in [0.05, 0.1) is 25.6 Å². The van der Waals surface area contributed by atoms with E-state index in [0.717, 1.165) is 33.0 Å². The van der Waals surface area contributed by atoms with Crippen LogP contribution in [0.4, 0.5) is 5.69 Å². The number of halogens is 1. The number of methoxy groups -OCH3 is 2. The Hall–Kier alpha value is -1.75. The number of benzene rings is 1. The average Bonchev–Trinajstić information content (AvgIpc) is 2.49. The number of pyridine rings is 1. The van der Waals surface area contributed by atoms with E-state index < -0.39 is 0 Å². The lowest BCUT2D eigenvalue weighted by molar-refractivity contribution is 0.354. The molecule has 1 aromatic heterocycles. The fraction of sp³-hybridized carbons (Fsp3) is 0.312. The predicted octanol–water partition coefficient (Wildman–Crippen LogP) is 4.34. The number of nitrogens with one attached hydrogen (secondary N) is 1. The number of anilines is 1. The quantitative estimate of drug-likeness (QED) is 0.814. The molecule has 0 fully saturated rings. The summed E-state index contributed by atoms with van der Waals surface area (Å²) in [6.07, 6.45) is 0. The maximum absolute atomic E-state index is 5.35. The highest BCUT2D eigenvalue weighted by Crippen LogP contribution is 2.31. The van der Waals surface area contributed by atoms with Crippen LogP contribution >= 0.6 is 15.9 Å². The van der Waals surface area contributed by atoms with Crippen LogP contribution in [0.5, 0.6) is 11.5 Å². The molecule has 4 nitrogen and oxygen atoms in total. The van der Waals surface area contributed by atoms with Gasteiger partial charge in [-0.15, -0.1) is 0 Å². The van der Waals surface area contributed by atoms with E-state index in [9.17, 15) is 0 Å². The van der Waals surface area contributed by atoms with Crippen molar-refractivity contribution in [2.45, 2.75) is 19.9 Å². The molecule has 0 aliphatic heterocycles. The number of aryl methyl sites for hydroxylation is 1. The summed E-state index contributed by atoms with van der Waals surface area (Å²) in [5.74, 6) is 1.46. The standard InChI is InChI=1S/C16H19BrN2O2/c1-10(18-13-6-8-16(17)19-11(13)2)12-5-7-14(20-3)15(9-12)21-4/h5-10,18H,1-4H3. The number of aromatic nitrogens is 1. The predicted molar refractivity (Wildman–Crippen MR) is 88.3 cm³/mol. The summed E-state index contributed by atoms with van der Waals surface area (Å²) >= 11 is 3.37. The normalized spacial score (nSPS) is 11.9. The van der Waals surface area contributed by atoms with Gasteiger partial charge < -0.3 is 14.8 Å². The van der Waals surface area contributed by atoms with Gasteiger partial charge in [-0.3, -0.25) is 0 Å². The smallest absolute Gasteiger partial charge is 0.161 e. The third-order valence-corrected chi connectivity index (χ3v) is 3.77. The molecule has 0 radical (unpaired) electrons. The number of hydrogen-bond acceptors (Lipinski definition) is 4. The first kappa shape index (κ1) is 15.6. The highest BCUT2D eigenvalue weighted by Gasteiger charge is 2.11. The van der Waals surface area contributed by atoms with Gasteiger partial charge in [0.15, 0.2) is 11.5 Å². The van der Waals surface area contributed by atoms with Crippen molar-refractivity contribution in [2.24, 2.45) is 0 Å². The molecule has 112 valence electrons. The Labute approximate surface area is 133 Å². The average molecular weight is 351 g/mol. The van der Waals surface area contributed by atoms with Gasteiger partial charge in [-0.2, -0.15) is 0 Å². The van der Waals surface area contributed by atoms with Crippen LogP contribution in [0.2, 0.25) is 0 Å². The van der Waals surface area contributed by atoms with Crippen LogP contribution in [-0.4, -0.2) is 19.2 Å².